The maximum atomic E-state index is 12.0. The van der Waals surface area contributed by atoms with Gasteiger partial charge in [-0.25, -0.2) is 0 Å². The topological polar surface area (TPSA) is 50.7 Å². The molecular weight excluding hydrogens is 280 g/mol. The number of methoxy groups -OCH3 is 1. The van der Waals surface area contributed by atoms with Gasteiger partial charge in [0.15, 0.2) is 0 Å². The summed E-state index contributed by atoms with van der Waals surface area (Å²) in [6, 6.07) is 6.90. The minimum atomic E-state index is -2.79. The van der Waals surface area contributed by atoms with Crippen LogP contribution in [0.2, 0.25) is 0 Å². The fourth-order valence-corrected chi connectivity index (χ4v) is 1.91. The molecule has 0 spiro atoms. The number of alkyl halides is 2. The maximum absolute atomic E-state index is 12.0. The molecule has 0 heterocycles. The van der Waals surface area contributed by atoms with Gasteiger partial charge in [-0.15, -0.1) is 0 Å². The van der Waals surface area contributed by atoms with Crippen molar-refractivity contribution in [1.29, 1.82) is 0 Å². The molecule has 0 saturated carbocycles. The van der Waals surface area contributed by atoms with Crippen LogP contribution in [-0.4, -0.2) is 44.1 Å². The third kappa shape index (κ3) is 7.94. The first-order valence-corrected chi connectivity index (χ1v) is 6.95. The van der Waals surface area contributed by atoms with Crippen molar-refractivity contribution in [2.24, 2.45) is 0 Å². The second kappa shape index (κ2) is 9.65. The number of hydrogen-bond acceptors (Lipinski definition) is 4. The molecule has 4 nitrogen and oxygen atoms in total. The molecule has 120 valence electrons. The van der Waals surface area contributed by atoms with Crippen molar-refractivity contribution in [3.8, 4) is 5.75 Å². The van der Waals surface area contributed by atoms with Crippen LogP contribution < -0.4 is 10.1 Å². The number of halogens is 2. The second-order valence-corrected chi connectivity index (χ2v) is 4.98. The van der Waals surface area contributed by atoms with Crippen LogP contribution in [0.25, 0.3) is 0 Å². The van der Waals surface area contributed by atoms with Crippen molar-refractivity contribution < 1.29 is 23.4 Å². The summed E-state index contributed by atoms with van der Waals surface area (Å²) in [6.07, 6.45) is 1.20. The van der Waals surface area contributed by atoms with Crippen molar-refractivity contribution in [2.75, 3.05) is 20.3 Å². The van der Waals surface area contributed by atoms with Crippen LogP contribution in [0.5, 0.6) is 5.75 Å². The quantitative estimate of drug-likeness (QED) is 0.696. The fraction of sp³-hybridized carbons (Fsp3) is 0.600. The number of aliphatic hydroxyl groups excluding tert-OH is 1. The number of hydrogen-bond donors (Lipinski definition) is 2. The number of benzene rings is 1. The van der Waals surface area contributed by atoms with E-state index >= 15 is 0 Å². The van der Waals surface area contributed by atoms with E-state index in [4.69, 9.17) is 4.74 Å². The molecule has 21 heavy (non-hydrogen) atoms. The van der Waals surface area contributed by atoms with Crippen molar-refractivity contribution in [2.45, 2.75) is 38.5 Å². The molecule has 1 rings (SSSR count). The van der Waals surface area contributed by atoms with Crippen LogP contribution in [0.4, 0.5) is 8.78 Å². The standard InChI is InChI=1S/C15H23F2NO3/c1-11(18-9-13(19)10-20-2)3-4-12-5-7-14(8-6-12)21-15(16)17/h5-8,11,13,15,18-19H,3-4,9-10H2,1-2H3. The van der Waals surface area contributed by atoms with Gasteiger partial charge < -0.3 is 19.9 Å². The maximum Gasteiger partial charge on any atom is 0.387 e. The van der Waals surface area contributed by atoms with Crippen LogP contribution in [0, 0.1) is 0 Å². The van der Waals surface area contributed by atoms with Crippen molar-refractivity contribution in [3.63, 3.8) is 0 Å². The molecule has 0 amide bonds. The Hall–Kier alpha value is -1.24. The van der Waals surface area contributed by atoms with Gasteiger partial charge in [0.2, 0.25) is 0 Å². The number of nitrogens with one attached hydrogen (secondary N) is 1. The van der Waals surface area contributed by atoms with Crippen LogP contribution in [0.15, 0.2) is 24.3 Å². The van der Waals surface area contributed by atoms with E-state index in [9.17, 15) is 13.9 Å². The second-order valence-electron chi connectivity index (χ2n) is 4.98. The van der Waals surface area contributed by atoms with E-state index in [0.29, 0.717) is 13.2 Å². The van der Waals surface area contributed by atoms with Crippen LogP contribution in [-0.2, 0) is 11.2 Å². The number of ether oxygens (including phenoxy) is 2. The molecule has 2 atom stereocenters. The highest BCUT2D eigenvalue weighted by Crippen LogP contribution is 2.16. The molecule has 0 bridgehead atoms. The van der Waals surface area contributed by atoms with Gasteiger partial charge in [0.05, 0.1) is 12.7 Å². The molecule has 0 aliphatic rings. The third-order valence-electron chi connectivity index (χ3n) is 3.08. The van der Waals surface area contributed by atoms with Crippen LogP contribution in [0.3, 0.4) is 0 Å². The monoisotopic (exact) mass is 303 g/mol. The molecular formula is C15H23F2NO3. The summed E-state index contributed by atoms with van der Waals surface area (Å²) in [7, 11) is 1.55. The van der Waals surface area contributed by atoms with Gasteiger partial charge in [0, 0.05) is 19.7 Å². The van der Waals surface area contributed by atoms with Gasteiger partial charge in [-0.3, -0.25) is 0 Å². The normalized spacial score (nSPS) is 14.2. The van der Waals surface area contributed by atoms with Crippen molar-refractivity contribution in [1.82, 2.24) is 5.32 Å². The van der Waals surface area contributed by atoms with E-state index in [1.54, 1.807) is 31.4 Å². The Morgan fingerprint density at radius 2 is 1.90 bits per heavy atom. The lowest BCUT2D eigenvalue weighted by atomic mass is 10.1. The average Bonchev–Trinajstić information content (AvgIpc) is 2.44. The minimum Gasteiger partial charge on any atom is -0.435 e. The highest BCUT2D eigenvalue weighted by atomic mass is 19.3. The van der Waals surface area contributed by atoms with Crippen LogP contribution in [0.1, 0.15) is 18.9 Å². The van der Waals surface area contributed by atoms with Gasteiger partial charge in [-0.05, 0) is 37.5 Å². The summed E-state index contributed by atoms with van der Waals surface area (Å²) in [5.41, 5.74) is 1.06. The Morgan fingerprint density at radius 3 is 2.48 bits per heavy atom. The highest BCUT2D eigenvalue weighted by Gasteiger charge is 2.08. The summed E-state index contributed by atoms with van der Waals surface area (Å²) in [5.74, 6) is 0.169. The molecule has 0 radical (unpaired) electrons. The SMILES string of the molecule is COCC(O)CNC(C)CCc1ccc(OC(F)F)cc1. The molecule has 1 aromatic rings. The third-order valence-corrected chi connectivity index (χ3v) is 3.08. The van der Waals surface area contributed by atoms with Gasteiger partial charge in [-0.2, -0.15) is 8.78 Å². The zero-order valence-electron chi connectivity index (χ0n) is 12.4. The predicted octanol–water partition coefficient (Wildman–Crippen LogP) is 2.21. The molecule has 6 heteroatoms. The van der Waals surface area contributed by atoms with E-state index in [0.717, 1.165) is 18.4 Å². The van der Waals surface area contributed by atoms with E-state index in [-0.39, 0.29) is 11.8 Å². The van der Waals surface area contributed by atoms with Gasteiger partial charge in [-0.1, -0.05) is 12.1 Å². The smallest absolute Gasteiger partial charge is 0.387 e. The summed E-state index contributed by atoms with van der Waals surface area (Å²) in [6.45, 7) is 0.0357. The fourth-order valence-electron chi connectivity index (χ4n) is 1.91. The Bertz CT molecular complexity index is 387. The Balaban J connectivity index is 2.27. The van der Waals surface area contributed by atoms with E-state index in [1.807, 2.05) is 6.92 Å². The zero-order chi connectivity index (χ0) is 15.7. The zero-order valence-corrected chi connectivity index (χ0v) is 12.4. The molecule has 0 aliphatic carbocycles. The summed E-state index contributed by atoms with van der Waals surface area (Å²) in [4.78, 5) is 0. The highest BCUT2D eigenvalue weighted by molar-refractivity contribution is 5.27. The number of aliphatic hydroxyl groups is 1. The molecule has 1 aromatic carbocycles. The predicted molar refractivity (Wildman–Crippen MR) is 76.7 cm³/mol. The van der Waals surface area contributed by atoms with Gasteiger partial charge >= 0.3 is 6.61 Å². The largest absolute Gasteiger partial charge is 0.435 e. The van der Waals surface area contributed by atoms with Crippen molar-refractivity contribution in [3.05, 3.63) is 29.8 Å². The Labute approximate surface area is 124 Å². The molecule has 0 saturated heterocycles. The summed E-state index contributed by atoms with van der Waals surface area (Å²) in [5, 5.41) is 12.7. The van der Waals surface area contributed by atoms with E-state index in [2.05, 4.69) is 10.1 Å². The molecule has 0 aliphatic heterocycles. The van der Waals surface area contributed by atoms with Gasteiger partial charge in [0.25, 0.3) is 0 Å². The lowest BCUT2D eigenvalue weighted by Gasteiger charge is -2.16. The van der Waals surface area contributed by atoms with Gasteiger partial charge in [0.1, 0.15) is 5.75 Å². The summed E-state index contributed by atoms with van der Waals surface area (Å²) >= 11 is 0. The summed E-state index contributed by atoms with van der Waals surface area (Å²) < 4.78 is 33.2. The number of rotatable bonds is 10. The first-order chi connectivity index (χ1) is 10.0. The van der Waals surface area contributed by atoms with E-state index in [1.165, 1.54) is 0 Å². The lowest BCUT2D eigenvalue weighted by Crippen LogP contribution is -2.36. The molecule has 0 fully saturated rings. The lowest BCUT2D eigenvalue weighted by molar-refractivity contribution is -0.0498. The first kappa shape index (κ1) is 17.8. The molecule has 2 N–H and O–H groups in total. The molecule has 0 aromatic heterocycles. The van der Waals surface area contributed by atoms with E-state index < -0.39 is 12.7 Å². The van der Waals surface area contributed by atoms with Crippen molar-refractivity contribution >= 4 is 0 Å². The number of aryl methyl sites for hydroxylation is 1. The van der Waals surface area contributed by atoms with Crippen LogP contribution >= 0.6 is 0 Å². The average molecular weight is 303 g/mol. The minimum absolute atomic E-state index is 0.169. The Morgan fingerprint density at radius 1 is 1.24 bits per heavy atom. The first-order valence-electron chi connectivity index (χ1n) is 6.95. The molecule has 2 unspecified atom stereocenters. The Kier molecular flexibility index (Phi) is 8.19.